The third kappa shape index (κ3) is 2.00. The van der Waals surface area contributed by atoms with Gasteiger partial charge >= 0.3 is 0 Å². The first-order valence-electron chi connectivity index (χ1n) is 4.29. The van der Waals surface area contributed by atoms with Crippen LogP contribution in [-0.2, 0) is 4.74 Å². The maximum atomic E-state index is 9.40. The van der Waals surface area contributed by atoms with Crippen molar-refractivity contribution in [1.82, 2.24) is 0 Å². The summed E-state index contributed by atoms with van der Waals surface area (Å²) in [6, 6.07) is 0. The molecule has 0 aliphatic heterocycles. The summed E-state index contributed by atoms with van der Waals surface area (Å²) in [5.41, 5.74) is 0. The first-order chi connectivity index (χ1) is 6.11. The lowest BCUT2D eigenvalue weighted by Crippen LogP contribution is -2.54. The second-order valence-corrected chi connectivity index (χ2v) is 3.42. The third-order valence-corrected chi connectivity index (χ3v) is 2.64. The molecule has 0 saturated heterocycles. The van der Waals surface area contributed by atoms with E-state index in [-0.39, 0.29) is 6.61 Å². The number of rotatable bonds is 2. The molecule has 0 bridgehead atoms. The molecule has 1 aliphatic rings. The molecule has 13 heavy (non-hydrogen) atoms. The summed E-state index contributed by atoms with van der Waals surface area (Å²) in [4.78, 5) is 0. The average molecular weight is 192 g/mol. The lowest BCUT2D eigenvalue weighted by atomic mass is 9.81. The number of aliphatic hydroxyl groups is 4. The summed E-state index contributed by atoms with van der Waals surface area (Å²) >= 11 is 0. The fraction of sp³-hybridized carbons (Fsp3) is 1.00. The number of aliphatic hydroxyl groups excluding tert-OH is 4. The van der Waals surface area contributed by atoms with Gasteiger partial charge in [0.25, 0.3) is 0 Å². The Morgan fingerprint density at radius 1 is 1.15 bits per heavy atom. The fourth-order valence-electron chi connectivity index (χ4n) is 1.70. The highest BCUT2D eigenvalue weighted by Gasteiger charge is 2.42. The summed E-state index contributed by atoms with van der Waals surface area (Å²) in [5, 5.41) is 37.0. The smallest absolute Gasteiger partial charge is 0.109 e. The lowest BCUT2D eigenvalue weighted by molar-refractivity contribution is -0.170. The van der Waals surface area contributed by atoms with E-state index in [9.17, 15) is 15.3 Å². The Bertz CT molecular complexity index is 143. The van der Waals surface area contributed by atoms with E-state index in [0.717, 1.165) is 0 Å². The van der Waals surface area contributed by atoms with Crippen LogP contribution in [0.2, 0.25) is 0 Å². The van der Waals surface area contributed by atoms with Crippen LogP contribution in [0.25, 0.3) is 0 Å². The molecule has 78 valence electrons. The largest absolute Gasteiger partial charge is 0.396 e. The fourth-order valence-corrected chi connectivity index (χ4v) is 1.70. The Morgan fingerprint density at radius 3 is 2.23 bits per heavy atom. The predicted molar refractivity (Wildman–Crippen MR) is 44.0 cm³/mol. The molecule has 0 radical (unpaired) electrons. The van der Waals surface area contributed by atoms with Crippen molar-refractivity contribution in [2.45, 2.75) is 30.8 Å². The second-order valence-electron chi connectivity index (χ2n) is 3.42. The third-order valence-electron chi connectivity index (χ3n) is 2.64. The van der Waals surface area contributed by atoms with Crippen molar-refractivity contribution in [2.24, 2.45) is 5.92 Å². The van der Waals surface area contributed by atoms with Gasteiger partial charge in [-0.3, -0.25) is 0 Å². The van der Waals surface area contributed by atoms with Crippen LogP contribution in [0.15, 0.2) is 0 Å². The number of hydrogen-bond acceptors (Lipinski definition) is 5. The molecule has 0 aromatic heterocycles. The van der Waals surface area contributed by atoms with E-state index in [2.05, 4.69) is 0 Å². The van der Waals surface area contributed by atoms with Gasteiger partial charge in [0.15, 0.2) is 0 Å². The molecule has 5 atom stereocenters. The summed E-state index contributed by atoms with van der Waals surface area (Å²) in [6.07, 6.45) is -3.56. The van der Waals surface area contributed by atoms with E-state index < -0.39 is 30.3 Å². The molecule has 1 aliphatic carbocycles. The maximum absolute atomic E-state index is 9.40. The van der Waals surface area contributed by atoms with Gasteiger partial charge in [0.1, 0.15) is 12.2 Å². The molecule has 0 aromatic rings. The molecular formula is C8H16O5. The van der Waals surface area contributed by atoms with Crippen molar-refractivity contribution >= 4 is 0 Å². The Balaban J connectivity index is 2.66. The zero-order valence-electron chi connectivity index (χ0n) is 7.50. The Labute approximate surface area is 76.6 Å². The highest BCUT2D eigenvalue weighted by Crippen LogP contribution is 2.26. The summed E-state index contributed by atoms with van der Waals surface area (Å²) in [6.45, 7) is -0.217. The van der Waals surface area contributed by atoms with Crippen molar-refractivity contribution in [3.05, 3.63) is 0 Å². The van der Waals surface area contributed by atoms with E-state index >= 15 is 0 Å². The average Bonchev–Trinajstić information content (AvgIpc) is 2.15. The Kier molecular flexibility index (Phi) is 3.63. The molecule has 0 amide bonds. The summed E-state index contributed by atoms with van der Waals surface area (Å²) in [5.74, 6) is -0.427. The van der Waals surface area contributed by atoms with Crippen LogP contribution in [0.4, 0.5) is 0 Å². The predicted octanol–water partition coefficient (Wildman–Crippen LogP) is -1.90. The zero-order valence-corrected chi connectivity index (χ0v) is 7.50. The number of hydrogen-bond donors (Lipinski definition) is 4. The van der Waals surface area contributed by atoms with Crippen LogP contribution < -0.4 is 0 Å². The van der Waals surface area contributed by atoms with Crippen molar-refractivity contribution in [3.8, 4) is 0 Å². The molecule has 0 heterocycles. The number of ether oxygens (including phenoxy) is 1. The summed E-state index contributed by atoms with van der Waals surface area (Å²) < 4.78 is 4.92. The van der Waals surface area contributed by atoms with E-state index in [4.69, 9.17) is 9.84 Å². The van der Waals surface area contributed by atoms with E-state index in [1.165, 1.54) is 7.11 Å². The first-order valence-corrected chi connectivity index (χ1v) is 4.29. The van der Waals surface area contributed by atoms with Crippen LogP contribution in [0.3, 0.4) is 0 Å². The molecular weight excluding hydrogens is 176 g/mol. The number of methoxy groups -OCH3 is 1. The standard InChI is InChI=1S/C8H16O5/c1-13-5-2-4(3-9)6(10)8(12)7(5)11/h4-12H,2-3H2,1H3/t4-,5+,6-,7+,8+/m1/s1. The van der Waals surface area contributed by atoms with Gasteiger partial charge in [-0.15, -0.1) is 0 Å². The molecule has 0 unspecified atom stereocenters. The van der Waals surface area contributed by atoms with Gasteiger partial charge in [-0.2, -0.15) is 0 Å². The van der Waals surface area contributed by atoms with Gasteiger partial charge in [-0.05, 0) is 6.42 Å². The van der Waals surface area contributed by atoms with Gasteiger partial charge in [-0.1, -0.05) is 0 Å². The van der Waals surface area contributed by atoms with Gasteiger partial charge < -0.3 is 25.2 Å². The van der Waals surface area contributed by atoms with Crippen LogP contribution >= 0.6 is 0 Å². The molecule has 1 fully saturated rings. The highest BCUT2D eigenvalue weighted by molar-refractivity contribution is 4.92. The first kappa shape index (κ1) is 10.9. The lowest BCUT2D eigenvalue weighted by Gasteiger charge is -2.38. The van der Waals surface area contributed by atoms with Crippen LogP contribution in [0, 0.1) is 5.92 Å². The molecule has 5 nitrogen and oxygen atoms in total. The van der Waals surface area contributed by atoms with E-state index in [1.807, 2.05) is 0 Å². The Morgan fingerprint density at radius 2 is 1.77 bits per heavy atom. The topological polar surface area (TPSA) is 90.2 Å². The van der Waals surface area contributed by atoms with Crippen LogP contribution in [0.5, 0.6) is 0 Å². The second kappa shape index (κ2) is 4.34. The molecule has 4 N–H and O–H groups in total. The molecule has 0 spiro atoms. The SMILES string of the molecule is CO[C@H]1C[C@H](CO)[C@@H](O)[C@H](O)[C@H]1O. The van der Waals surface area contributed by atoms with E-state index in [1.54, 1.807) is 0 Å². The van der Waals surface area contributed by atoms with Crippen molar-refractivity contribution in [1.29, 1.82) is 0 Å². The minimum Gasteiger partial charge on any atom is -0.396 e. The monoisotopic (exact) mass is 192 g/mol. The van der Waals surface area contributed by atoms with Gasteiger partial charge in [0, 0.05) is 19.6 Å². The summed E-state index contributed by atoms with van der Waals surface area (Å²) in [7, 11) is 1.42. The Hall–Kier alpha value is -0.200. The van der Waals surface area contributed by atoms with Crippen molar-refractivity contribution in [2.75, 3.05) is 13.7 Å². The quantitative estimate of drug-likeness (QED) is 0.410. The van der Waals surface area contributed by atoms with Crippen LogP contribution in [0.1, 0.15) is 6.42 Å². The molecule has 0 aromatic carbocycles. The minimum atomic E-state index is -1.24. The van der Waals surface area contributed by atoms with Gasteiger partial charge in [0.2, 0.25) is 0 Å². The highest BCUT2D eigenvalue weighted by atomic mass is 16.5. The van der Waals surface area contributed by atoms with Crippen molar-refractivity contribution < 1.29 is 25.2 Å². The maximum Gasteiger partial charge on any atom is 0.109 e. The molecule has 5 heteroatoms. The van der Waals surface area contributed by atoms with Gasteiger partial charge in [-0.25, -0.2) is 0 Å². The van der Waals surface area contributed by atoms with Gasteiger partial charge in [0.05, 0.1) is 12.2 Å². The van der Waals surface area contributed by atoms with Crippen LogP contribution in [-0.4, -0.2) is 58.6 Å². The van der Waals surface area contributed by atoms with Crippen molar-refractivity contribution in [3.63, 3.8) is 0 Å². The normalized spacial score (nSPS) is 46.4. The minimum absolute atomic E-state index is 0.217. The zero-order chi connectivity index (χ0) is 10.0. The molecule has 1 saturated carbocycles. The van der Waals surface area contributed by atoms with E-state index in [0.29, 0.717) is 6.42 Å². The molecule has 1 rings (SSSR count).